The van der Waals surface area contributed by atoms with E-state index in [1.807, 2.05) is 30.3 Å². The van der Waals surface area contributed by atoms with E-state index >= 15 is 0 Å². The van der Waals surface area contributed by atoms with Crippen molar-refractivity contribution in [2.75, 3.05) is 31.1 Å². The van der Waals surface area contributed by atoms with E-state index < -0.39 is 0 Å². The van der Waals surface area contributed by atoms with Gasteiger partial charge in [-0.05, 0) is 23.3 Å². The SMILES string of the molecule is [Au].[S-]C([S-])N1CCN(c2ccc(/C=N/OCc3ccccc3)cc2)CC1. The fourth-order valence-electron chi connectivity index (χ4n) is 2.75. The van der Waals surface area contributed by atoms with Gasteiger partial charge in [0.05, 0.1) is 6.21 Å². The van der Waals surface area contributed by atoms with Crippen LogP contribution in [0, 0.1) is 0 Å². The van der Waals surface area contributed by atoms with Gasteiger partial charge in [-0.2, -0.15) is 0 Å². The minimum Gasteiger partial charge on any atom is -0.800 e. The number of rotatable bonds is 6. The molecule has 1 fully saturated rings. The third-order valence-corrected chi connectivity index (χ3v) is 4.82. The quantitative estimate of drug-likeness (QED) is 0.232. The summed E-state index contributed by atoms with van der Waals surface area (Å²) in [5.74, 6) is 0. The van der Waals surface area contributed by atoms with Crippen LogP contribution in [-0.4, -0.2) is 42.0 Å². The summed E-state index contributed by atoms with van der Waals surface area (Å²) in [7, 11) is 0. The Bertz CT molecular complexity index is 675. The summed E-state index contributed by atoms with van der Waals surface area (Å²) in [5, 5.41) is 4.04. The van der Waals surface area contributed by atoms with E-state index in [-0.39, 0.29) is 27.1 Å². The van der Waals surface area contributed by atoms with Gasteiger partial charge in [-0.3, -0.25) is 0 Å². The zero-order valence-electron chi connectivity index (χ0n) is 14.3. The number of piperazine rings is 1. The summed E-state index contributed by atoms with van der Waals surface area (Å²) in [4.78, 5) is 9.85. The molecule has 1 aliphatic rings. The maximum Gasteiger partial charge on any atom is 0.142 e. The van der Waals surface area contributed by atoms with E-state index in [0.29, 0.717) is 6.61 Å². The Kier molecular flexibility index (Phi) is 9.11. The molecule has 0 aliphatic carbocycles. The normalized spacial score (nSPS) is 15.3. The average Bonchev–Trinajstić information content (AvgIpc) is 2.67. The summed E-state index contributed by atoms with van der Waals surface area (Å²) in [5.41, 5.74) is 3.34. The Morgan fingerprint density at radius 2 is 1.62 bits per heavy atom. The van der Waals surface area contributed by atoms with Crippen LogP contribution in [0.4, 0.5) is 5.69 Å². The number of nitrogens with zero attached hydrogens (tertiary/aromatic N) is 3. The number of anilines is 1. The van der Waals surface area contributed by atoms with Crippen molar-refractivity contribution in [3.8, 4) is 0 Å². The Morgan fingerprint density at radius 3 is 2.23 bits per heavy atom. The summed E-state index contributed by atoms with van der Waals surface area (Å²) in [6.07, 6.45) is 1.74. The van der Waals surface area contributed by atoms with E-state index in [9.17, 15) is 0 Å². The Labute approximate surface area is 181 Å². The fourth-order valence-corrected chi connectivity index (χ4v) is 3.17. The molecule has 26 heavy (non-hydrogen) atoms. The Morgan fingerprint density at radius 1 is 0.962 bits per heavy atom. The molecule has 1 aliphatic heterocycles. The van der Waals surface area contributed by atoms with Crippen LogP contribution in [0.2, 0.25) is 0 Å². The van der Waals surface area contributed by atoms with Gasteiger partial charge in [-0.25, -0.2) is 4.71 Å². The number of hydrogen-bond donors (Lipinski definition) is 0. The molecular formula is C19H21AuN3OS2-2. The first-order chi connectivity index (χ1) is 12.2. The van der Waals surface area contributed by atoms with Gasteiger partial charge in [-0.15, -0.1) is 0 Å². The summed E-state index contributed by atoms with van der Waals surface area (Å²) < 4.78 is -0.198. The first-order valence-electron chi connectivity index (χ1n) is 8.32. The third-order valence-electron chi connectivity index (χ3n) is 4.22. The second-order valence-corrected chi connectivity index (χ2v) is 7.11. The summed E-state index contributed by atoms with van der Waals surface area (Å²) >= 11 is 10.3. The molecule has 4 nitrogen and oxygen atoms in total. The standard InChI is InChI=1S/C19H23N3OS2.Au/c24-19(25)22-12-10-21(11-13-22)18-8-6-16(7-9-18)14-20-23-15-17-4-2-1-3-5-17;/h1-9,14,19,24-25H,10-13,15H2;/p-2/b20-14+;. The van der Waals surface area contributed by atoms with Gasteiger partial charge in [0.25, 0.3) is 0 Å². The molecule has 0 bridgehead atoms. The van der Waals surface area contributed by atoms with Crippen molar-refractivity contribution >= 4 is 37.2 Å². The molecule has 1 radical (unpaired) electrons. The van der Waals surface area contributed by atoms with Crippen LogP contribution in [0.5, 0.6) is 0 Å². The molecule has 0 unspecified atom stereocenters. The molecule has 1 heterocycles. The monoisotopic (exact) mass is 568 g/mol. The molecule has 0 aromatic heterocycles. The van der Waals surface area contributed by atoms with Crippen LogP contribution in [0.1, 0.15) is 11.1 Å². The van der Waals surface area contributed by atoms with Crippen molar-refractivity contribution < 1.29 is 27.2 Å². The van der Waals surface area contributed by atoms with Crippen molar-refractivity contribution in [3.05, 3.63) is 65.7 Å². The van der Waals surface area contributed by atoms with Crippen molar-refractivity contribution in [1.82, 2.24) is 4.90 Å². The number of benzene rings is 2. The molecule has 2 aromatic rings. The predicted octanol–water partition coefficient (Wildman–Crippen LogP) is 2.73. The van der Waals surface area contributed by atoms with Crippen LogP contribution < -0.4 is 4.90 Å². The molecule has 143 valence electrons. The average molecular weight is 568 g/mol. The topological polar surface area (TPSA) is 28.1 Å². The molecule has 7 heteroatoms. The maximum absolute atomic E-state index is 5.34. The smallest absolute Gasteiger partial charge is 0.142 e. The van der Waals surface area contributed by atoms with E-state index in [1.165, 1.54) is 5.69 Å². The molecule has 3 rings (SSSR count). The molecule has 0 amide bonds. The van der Waals surface area contributed by atoms with E-state index in [2.05, 4.69) is 39.2 Å². The van der Waals surface area contributed by atoms with Crippen LogP contribution in [-0.2, 0) is 59.1 Å². The zero-order chi connectivity index (χ0) is 17.5. The van der Waals surface area contributed by atoms with Crippen LogP contribution in [0.3, 0.4) is 0 Å². The number of oxime groups is 1. The van der Waals surface area contributed by atoms with Crippen LogP contribution in [0.15, 0.2) is 59.8 Å². The summed E-state index contributed by atoms with van der Waals surface area (Å²) in [6.45, 7) is 4.24. The minimum atomic E-state index is -0.198. The number of hydrogen-bond acceptors (Lipinski definition) is 6. The third kappa shape index (κ3) is 6.37. The maximum atomic E-state index is 5.34. The Balaban J connectivity index is 0.00000243. The first kappa shape index (κ1) is 21.4. The Hall–Kier alpha value is -0.890. The second-order valence-electron chi connectivity index (χ2n) is 5.92. The van der Waals surface area contributed by atoms with Crippen LogP contribution in [0.25, 0.3) is 0 Å². The van der Waals surface area contributed by atoms with Gasteiger partial charge >= 0.3 is 0 Å². The largest absolute Gasteiger partial charge is 0.800 e. The fraction of sp³-hybridized carbons (Fsp3) is 0.316. The van der Waals surface area contributed by atoms with Gasteiger partial charge in [-0.1, -0.05) is 47.6 Å². The van der Waals surface area contributed by atoms with Crippen molar-refractivity contribution in [3.63, 3.8) is 0 Å². The molecule has 0 saturated carbocycles. The van der Waals surface area contributed by atoms with Gasteiger partial charge in [0.1, 0.15) is 6.61 Å². The van der Waals surface area contributed by atoms with Crippen molar-refractivity contribution in [2.24, 2.45) is 5.16 Å². The zero-order valence-corrected chi connectivity index (χ0v) is 18.1. The van der Waals surface area contributed by atoms with E-state index in [4.69, 9.17) is 30.1 Å². The molecule has 0 atom stereocenters. The predicted molar refractivity (Wildman–Crippen MR) is 108 cm³/mol. The molecular weight excluding hydrogens is 547 g/mol. The van der Waals surface area contributed by atoms with Crippen molar-refractivity contribution in [2.45, 2.75) is 11.3 Å². The molecule has 0 N–H and O–H groups in total. The minimum absolute atomic E-state index is 0. The van der Waals surface area contributed by atoms with Gasteiger partial charge in [0.2, 0.25) is 0 Å². The van der Waals surface area contributed by atoms with Gasteiger partial charge < -0.3 is 39.9 Å². The summed E-state index contributed by atoms with van der Waals surface area (Å²) in [6, 6.07) is 18.4. The molecule has 1 saturated heterocycles. The van der Waals surface area contributed by atoms with Gasteiger partial charge in [0, 0.05) is 54.2 Å². The van der Waals surface area contributed by atoms with E-state index in [1.54, 1.807) is 6.21 Å². The van der Waals surface area contributed by atoms with Gasteiger partial charge in [0.15, 0.2) is 0 Å². The second kappa shape index (κ2) is 11.1. The molecule has 0 spiro atoms. The van der Waals surface area contributed by atoms with E-state index in [0.717, 1.165) is 37.3 Å². The first-order valence-corrected chi connectivity index (χ1v) is 9.26. The molecule has 2 aromatic carbocycles. The van der Waals surface area contributed by atoms with Crippen LogP contribution >= 0.6 is 0 Å². The van der Waals surface area contributed by atoms with Crippen molar-refractivity contribution in [1.29, 1.82) is 0 Å².